The van der Waals surface area contributed by atoms with E-state index in [-0.39, 0.29) is 6.04 Å². The number of sulfonamides is 1. The highest BCUT2D eigenvalue weighted by Gasteiger charge is 2.25. The van der Waals surface area contributed by atoms with E-state index in [1.807, 2.05) is 30.1 Å². The van der Waals surface area contributed by atoms with Gasteiger partial charge in [-0.1, -0.05) is 6.07 Å². The molecule has 1 aliphatic rings. The maximum absolute atomic E-state index is 11.8. The predicted octanol–water partition coefficient (Wildman–Crippen LogP) is 3.81. The van der Waals surface area contributed by atoms with Crippen molar-refractivity contribution in [3.63, 3.8) is 0 Å². The van der Waals surface area contributed by atoms with Gasteiger partial charge >= 0.3 is 0 Å². The fraction of sp³-hybridized carbons (Fsp3) is 0.292. The van der Waals surface area contributed by atoms with Crippen molar-refractivity contribution >= 4 is 43.1 Å². The molecule has 1 aliphatic heterocycles. The van der Waals surface area contributed by atoms with Crippen molar-refractivity contribution in [1.29, 1.82) is 0 Å². The van der Waals surface area contributed by atoms with Crippen molar-refractivity contribution in [3.8, 4) is 11.1 Å². The van der Waals surface area contributed by atoms with Crippen molar-refractivity contribution in [3.05, 3.63) is 55.0 Å². The lowest BCUT2D eigenvalue weighted by molar-refractivity contribution is 0.332. The molecule has 3 N–H and O–H groups in total. The van der Waals surface area contributed by atoms with Crippen molar-refractivity contribution in [2.75, 3.05) is 30.4 Å². The molecule has 0 radical (unpaired) electrons. The molecular formula is C24H27N5O2S. The molecule has 1 saturated heterocycles. The molecule has 0 bridgehead atoms. The Kier molecular flexibility index (Phi) is 5.06. The molecule has 2 aromatic carbocycles. The zero-order valence-corrected chi connectivity index (χ0v) is 19.1. The molecule has 1 fully saturated rings. The van der Waals surface area contributed by atoms with Gasteiger partial charge in [0.2, 0.25) is 10.0 Å². The number of hydrogen-bond donors (Lipinski definition) is 2. The molecule has 32 heavy (non-hydrogen) atoms. The highest BCUT2D eigenvalue weighted by molar-refractivity contribution is 7.88. The average molecular weight is 450 g/mol. The maximum Gasteiger partial charge on any atom is 0.211 e. The molecule has 0 spiro atoms. The summed E-state index contributed by atoms with van der Waals surface area (Å²) in [4.78, 5) is 4.32. The molecule has 2 aromatic heterocycles. The Morgan fingerprint density at radius 2 is 1.84 bits per heavy atom. The zero-order chi connectivity index (χ0) is 22.5. The monoisotopic (exact) mass is 449 g/mol. The molecule has 4 aromatic rings. The maximum atomic E-state index is 11.8. The van der Waals surface area contributed by atoms with Crippen LogP contribution in [0.15, 0.2) is 55.0 Å². The second-order valence-corrected chi connectivity index (χ2v) is 10.6. The number of aromatic nitrogens is 2. The molecular weight excluding hydrogens is 422 g/mol. The topological polar surface area (TPSA) is 93.2 Å². The fourth-order valence-electron chi connectivity index (χ4n) is 4.64. The quantitative estimate of drug-likeness (QED) is 0.494. The van der Waals surface area contributed by atoms with E-state index in [0.29, 0.717) is 13.1 Å². The number of rotatable bonds is 4. The van der Waals surface area contributed by atoms with Crippen molar-refractivity contribution < 1.29 is 8.42 Å². The average Bonchev–Trinajstić information content (AvgIpc) is 3.06. The van der Waals surface area contributed by atoms with E-state index in [2.05, 4.69) is 40.6 Å². The lowest BCUT2D eigenvalue weighted by Gasteiger charge is -2.31. The summed E-state index contributed by atoms with van der Waals surface area (Å²) >= 11 is 0. The van der Waals surface area contributed by atoms with E-state index in [1.54, 1.807) is 10.5 Å². The van der Waals surface area contributed by atoms with E-state index < -0.39 is 10.0 Å². The fourth-order valence-corrected chi connectivity index (χ4v) is 5.51. The summed E-state index contributed by atoms with van der Waals surface area (Å²) in [5, 5.41) is 6.88. The molecule has 0 amide bonds. The summed E-state index contributed by atoms with van der Waals surface area (Å²) in [6, 6.07) is 12.9. The van der Waals surface area contributed by atoms with Gasteiger partial charge in [0, 0.05) is 66.7 Å². The number of hydrogen-bond acceptors (Lipinski definition) is 5. The van der Waals surface area contributed by atoms with Crippen LogP contribution in [0.25, 0.3) is 32.8 Å². The van der Waals surface area contributed by atoms with Crippen LogP contribution in [0.2, 0.25) is 0 Å². The third-order valence-corrected chi connectivity index (χ3v) is 7.70. The number of nitrogens with zero attached hydrogens (tertiary/aromatic N) is 3. The third kappa shape index (κ3) is 3.80. The largest absolute Gasteiger partial charge is 0.397 e. The highest BCUT2D eigenvalue weighted by Crippen LogP contribution is 2.34. The zero-order valence-electron chi connectivity index (χ0n) is 18.2. The number of anilines is 2. The summed E-state index contributed by atoms with van der Waals surface area (Å²) in [6.45, 7) is 1.08. The van der Waals surface area contributed by atoms with Crippen LogP contribution in [-0.2, 0) is 17.1 Å². The second-order valence-electron chi connectivity index (χ2n) is 8.63. The number of nitrogens with one attached hydrogen (secondary N) is 1. The summed E-state index contributed by atoms with van der Waals surface area (Å²) < 4.78 is 27.3. The SMILES string of the molecule is Cn1cc(N)c2cc(-c3cc(NC4CCN(S(C)(=O)=O)CC4)c4cnccc4c3)ccc21. The van der Waals surface area contributed by atoms with Crippen LogP contribution in [0, 0.1) is 0 Å². The lowest BCUT2D eigenvalue weighted by Crippen LogP contribution is -2.41. The number of nitrogen functional groups attached to an aromatic ring is 1. The van der Waals surface area contributed by atoms with Crippen LogP contribution in [0.3, 0.4) is 0 Å². The van der Waals surface area contributed by atoms with Gasteiger partial charge in [-0.05, 0) is 59.7 Å². The molecule has 8 heteroatoms. The van der Waals surface area contributed by atoms with Gasteiger partial charge in [0.15, 0.2) is 0 Å². The van der Waals surface area contributed by atoms with Gasteiger partial charge in [-0.15, -0.1) is 0 Å². The van der Waals surface area contributed by atoms with E-state index >= 15 is 0 Å². The standard InChI is InChI=1S/C24H27N5O2S/c1-28-15-22(25)20-12-16(3-4-24(20)28)18-11-17-5-8-26-14-21(17)23(13-18)27-19-6-9-29(10-7-19)32(2,30)31/h3-5,8,11-15,19,27H,6-7,9-10,25H2,1-2H3. The molecule has 0 saturated carbocycles. The van der Waals surface area contributed by atoms with Gasteiger partial charge in [0.25, 0.3) is 0 Å². The van der Waals surface area contributed by atoms with Crippen molar-refractivity contribution in [2.24, 2.45) is 7.05 Å². The van der Waals surface area contributed by atoms with Gasteiger partial charge in [-0.25, -0.2) is 12.7 Å². The van der Waals surface area contributed by atoms with Crippen molar-refractivity contribution in [2.45, 2.75) is 18.9 Å². The Morgan fingerprint density at radius 1 is 1.06 bits per heavy atom. The van der Waals surface area contributed by atoms with Crippen LogP contribution >= 0.6 is 0 Å². The van der Waals surface area contributed by atoms with Crippen LogP contribution < -0.4 is 11.1 Å². The van der Waals surface area contributed by atoms with Crippen LogP contribution in [-0.4, -0.2) is 47.7 Å². The number of pyridine rings is 1. The Hall–Kier alpha value is -3.10. The first-order valence-corrected chi connectivity index (χ1v) is 12.6. The van der Waals surface area contributed by atoms with Gasteiger partial charge in [-0.2, -0.15) is 0 Å². The number of aryl methyl sites for hydroxylation is 1. The van der Waals surface area contributed by atoms with E-state index in [9.17, 15) is 8.42 Å². The third-order valence-electron chi connectivity index (χ3n) is 6.39. The predicted molar refractivity (Wildman–Crippen MR) is 131 cm³/mol. The van der Waals surface area contributed by atoms with Crippen LogP contribution in [0.4, 0.5) is 11.4 Å². The second kappa shape index (κ2) is 7.79. The minimum atomic E-state index is -3.14. The lowest BCUT2D eigenvalue weighted by atomic mass is 9.98. The molecule has 0 atom stereocenters. The van der Waals surface area contributed by atoms with Gasteiger partial charge in [-0.3, -0.25) is 4.98 Å². The molecule has 0 aliphatic carbocycles. The number of benzene rings is 2. The van der Waals surface area contributed by atoms with Crippen molar-refractivity contribution in [1.82, 2.24) is 13.9 Å². The molecule has 166 valence electrons. The minimum absolute atomic E-state index is 0.207. The Balaban J connectivity index is 1.51. The van der Waals surface area contributed by atoms with E-state index in [1.165, 1.54) is 6.26 Å². The molecule has 7 nitrogen and oxygen atoms in total. The highest BCUT2D eigenvalue weighted by atomic mass is 32.2. The van der Waals surface area contributed by atoms with Gasteiger partial charge in [0.05, 0.1) is 11.9 Å². The molecule has 3 heterocycles. The first-order chi connectivity index (χ1) is 15.3. The molecule has 0 unspecified atom stereocenters. The Morgan fingerprint density at radius 3 is 2.59 bits per heavy atom. The summed E-state index contributed by atoms with van der Waals surface area (Å²) in [5.74, 6) is 0. The minimum Gasteiger partial charge on any atom is -0.397 e. The van der Waals surface area contributed by atoms with Gasteiger partial charge in [0.1, 0.15) is 0 Å². The smallest absolute Gasteiger partial charge is 0.211 e. The normalized spacial score (nSPS) is 16.1. The van der Waals surface area contributed by atoms with Gasteiger partial charge < -0.3 is 15.6 Å². The first-order valence-electron chi connectivity index (χ1n) is 10.7. The van der Waals surface area contributed by atoms with E-state index in [0.717, 1.165) is 57.0 Å². The first kappa shape index (κ1) is 20.8. The van der Waals surface area contributed by atoms with Crippen LogP contribution in [0.1, 0.15) is 12.8 Å². The molecule has 5 rings (SSSR count). The summed E-state index contributed by atoms with van der Waals surface area (Å²) in [5.41, 5.74) is 11.3. The Bertz CT molecular complexity index is 1420. The van der Waals surface area contributed by atoms with Crippen LogP contribution in [0.5, 0.6) is 0 Å². The summed E-state index contributed by atoms with van der Waals surface area (Å²) in [6.07, 6.45) is 8.44. The summed E-state index contributed by atoms with van der Waals surface area (Å²) in [7, 11) is -1.14. The number of piperidine rings is 1. The number of fused-ring (bicyclic) bond motifs is 2. The number of nitrogens with two attached hydrogens (primary N) is 1. The van der Waals surface area contributed by atoms with E-state index in [4.69, 9.17) is 5.73 Å². The Labute approximate surface area is 187 Å².